The van der Waals surface area contributed by atoms with Crippen molar-refractivity contribution >= 4 is 12.0 Å². The largest absolute Gasteiger partial charge is 0.465 e. The minimum absolute atomic E-state index is 0.0557. The third-order valence-corrected chi connectivity index (χ3v) is 2.99. The molecule has 6 heteroatoms. The number of rotatable bonds is 5. The number of nitrogens with zero attached hydrogens (tertiary/aromatic N) is 1. The van der Waals surface area contributed by atoms with E-state index in [4.69, 9.17) is 4.74 Å². The van der Waals surface area contributed by atoms with E-state index in [1.54, 1.807) is 11.8 Å². The van der Waals surface area contributed by atoms with Crippen molar-refractivity contribution in [1.82, 2.24) is 15.5 Å². The molecule has 1 aliphatic heterocycles. The molecule has 18 heavy (non-hydrogen) atoms. The number of nitrogens with one attached hydrogen (secondary N) is 2. The van der Waals surface area contributed by atoms with Crippen LogP contribution in [0.5, 0.6) is 0 Å². The molecule has 1 atom stereocenters. The molecule has 2 N–H and O–H groups in total. The summed E-state index contributed by atoms with van der Waals surface area (Å²) in [6, 6.07) is -0.177. The summed E-state index contributed by atoms with van der Waals surface area (Å²) in [5.41, 5.74) is 0. The Morgan fingerprint density at radius 2 is 2.22 bits per heavy atom. The number of amides is 2. The molecule has 0 aromatic heterocycles. The van der Waals surface area contributed by atoms with Crippen LogP contribution in [-0.4, -0.2) is 56.7 Å². The predicted octanol–water partition coefficient (Wildman–Crippen LogP) is 0.191. The summed E-state index contributed by atoms with van der Waals surface area (Å²) in [6.45, 7) is 4.45. The number of carbonyl (C=O) groups excluding carboxylic acids is 2. The Hall–Kier alpha value is -1.30. The van der Waals surface area contributed by atoms with Crippen LogP contribution in [0.2, 0.25) is 0 Å². The van der Waals surface area contributed by atoms with E-state index in [1.807, 2.05) is 7.05 Å². The minimum atomic E-state index is -0.394. The lowest BCUT2D eigenvalue weighted by molar-refractivity contribution is -0.141. The average molecular weight is 257 g/mol. The van der Waals surface area contributed by atoms with Crippen LogP contribution >= 0.6 is 0 Å². The first-order valence-electron chi connectivity index (χ1n) is 6.50. The maximum Gasteiger partial charge on any atom is 0.325 e. The second-order valence-corrected chi connectivity index (χ2v) is 4.48. The molecule has 0 spiro atoms. The number of ether oxygens (including phenoxy) is 1. The van der Waals surface area contributed by atoms with Crippen molar-refractivity contribution in [3.8, 4) is 0 Å². The van der Waals surface area contributed by atoms with E-state index in [9.17, 15) is 9.59 Å². The van der Waals surface area contributed by atoms with Gasteiger partial charge in [-0.1, -0.05) is 0 Å². The van der Waals surface area contributed by atoms with Gasteiger partial charge < -0.3 is 20.3 Å². The van der Waals surface area contributed by atoms with Crippen LogP contribution in [0.4, 0.5) is 4.79 Å². The van der Waals surface area contributed by atoms with Gasteiger partial charge in [0.1, 0.15) is 6.54 Å². The first kappa shape index (κ1) is 14.8. The van der Waals surface area contributed by atoms with E-state index in [0.29, 0.717) is 12.5 Å². The Balaban J connectivity index is 2.30. The maximum atomic E-state index is 11.8. The van der Waals surface area contributed by atoms with Crippen molar-refractivity contribution in [3.05, 3.63) is 0 Å². The van der Waals surface area contributed by atoms with Gasteiger partial charge in [0.2, 0.25) is 0 Å². The predicted molar refractivity (Wildman–Crippen MR) is 68.3 cm³/mol. The maximum absolute atomic E-state index is 11.8. The van der Waals surface area contributed by atoms with Gasteiger partial charge >= 0.3 is 12.0 Å². The molecule has 1 fully saturated rings. The molecular weight excluding hydrogens is 234 g/mol. The molecule has 0 saturated carbocycles. The van der Waals surface area contributed by atoms with Gasteiger partial charge in [-0.05, 0) is 39.3 Å². The van der Waals surface area contributed by atoms with Crippen LogP contribution in [0.3, 0.4) is 0 Å². The quantitative estimate of drug-likeness (QED) is 0.690. The zero-order valence-electron chi connectivity index (χ0n) is 11.2. The summed E-state index contributed by atoms with van der Waals surface area (Å²) >= 11 is 0. The van der Waals surface area contributed by atoms with E-state index in [0.717, 1.165) is 32.5 Å². The molecule has 1 rings (SSSR count). The fraction of sp³-hybridized carbons (Fsp3) is 0.833. The Bertz CT molecular complexity index is 282. The number of hydrogen-bond acceptors (Lipinski definition) is 4. The number of piperidine rings is 1. The van der Waals surface area contributed by atoms with Crippen LogP contribution in [0.25, 0.3) is 0 Å². The Labute approximate surface area is 108 Å². The zero-order valence-corrected chi connectivity index (χ0v) is 11.2. The van der Waals surface area contributed by atoms with Crippen LogP contribution in [-0.2, 0) is 9.53 Å². The highest BCUT2D eigenvalue weighted by Crippen LogP contribution is 2.15. The molecule has 1 unspecified atom stereocenters. The van der Waals surface area contributed by atoms with E-state index < -0.39 is 5.97 Å². The Kier molecular flexibility index (Phi) is 6.49. The second kappa shape index (κ2) is 7.92. The molecular formula is C12H23N3O3. The number of carbonyl (C=O) groups is 2. The lowest BCUT2D eigenvalue weighted by Crippen LogP contribution is -2.48. The molecule has 0 aromatic rings. The smallest absolute Gasteiger partial charge is 0.325 e. The average Bonchev–Trinajstić information content (AvgIpc) is 2.37. The van der Waals surface area contributed by atoms with E-state index in [1.165, 1.54) is 0 Å². The van der Waals surface area contributed by atoms with Gasteiger partial charge in [-0.2, -0.15) is 0 Å². The normalized spacial score (nSPS) is 19.4. The van der Waals surface area contributed by atoms with Crippen molar-refractivity contribution in [2.75, 3.05) is 39.8 Å². The van der Waals surface area contributed by atoms with Gasteiger partial charge in [0.05, 0.1) is 6.61 Å². The number of likely N-dealkylation sites (tertiary alicyclic amines) is 1. The fourth-order valence-corrected chi connectivity index (χ4v) is 2.18. The summed E-state index contributed by atoms with van der Waals surface area (Å²) in [5.74, 6) is 0.103. The summed E-state index contributed by atoms with van der Waals surface area (Å²) in [6.07, 6.45) is 2.15. The lowest BCUT2D eigenvalue weighted by Gasteiger charge is -2.32. The first-order chi connectivity index (χ1) is 8.67. The van der Waals surface area contributed by atoms with Crippen LogP contribution in [0.1, 0.15) is 19.8 Å². The van der Waals surface area contributed by atoms with Crippen LogP contribution in [0.15, 0.2) is 0 Å². The molecule has 1 heterocycles. The third kappa shape index (κ3) is 4.91. The zero-order chi connectivity index (χ0) is 13.4. The fourth-order valence-electron chi connectivity index (χ4n) is 2.18. The summed E-state index contributed by atoms with van der Waals surface area (Å²) in [7, 11) is 1.92. The summed E-state index contributed by atoms with van der Waals surface area (Å²) in [4.78, 5) is 24.7. The molecule has 0 aromatic carbocycles. The monoisotopic (exact) mass is 257 g/mol. The Morgan fingerprint density at radius 3 is 2.89 bits per heavy atom. The van der Waals surface area contributed by atoms with E-state index in [-0.39, 0.29) is 12.6 Å². The van der Waals surface area contributed by atoms with Gasteiger partial charge in [0.15, 0.2) is 0 Å². The molecule has 0 bridgehead atoms. The summed E-state index contributed by atoms with van der Waals surface area (Å²) < 4.78 is 4.76. The molecule has 6 nitrogen and oxygen atoms in total. The highest BCUT2D eigenvalue weighted by Gasteiger charge is 2.23. The van der Waals surface area contributed by atoms with Gasteiger partial charge in [-0.25, -0.2) is 4.79 Å². The number of urea groups is 1. The molecule has 0 radical (unpaired) electrons. The van der Waals surface area contributed by atoms with Crippen molar-refractivity contribution in [3.63, 3.8) is 0 Å². The lowest BCUT2D eigenvalue weighted by atomic mass is 9.98. The SMILES string of the molecule is CCOC(=O)CNC(=O)N1CCCC(CNC)C1. The summed E-state index contributed by atoms with van der Waals surface area (Å²) in [5, 5.41) is 5.72. The highest BCUT2D eigenvalue weighted by molar-refractivity contribution is 5.80. The number of esters is 1. The van der Waals surface area contributed by atoms with Gasteiger partial charge in [-0.3, -0.25) is 4.79 Å². The van der Waals surface area contributed by atoms with Gasteiger partial charge in [0, 0.05) is 13.1 Å². The highest BCUT2D eigenvalue weighted by atomic mass is 16.5. The minimum Gasteiger partial charge on any atom is -0.465 e. The van der Waals surface area contributed by atoms with Crippen molar-refractivity contribution < 1.29 is 14.3 Å². The van der Waals surface area contributed by atoms with Crippen molar-refractivity contribution in [2.45, 2.75) is 19.8 Å². The van der Waals surface area contributed by atoms with Crippen LogP contribution in [0, 0.1) is 5.92 Å². The van der Waals surface area contributed by atoms with Gasteiger partial charge in [-0.15, -0.1) is 0 Å². The third-order valence-electron chi connectivity index (χ3n) is 2.99. The molecule has 0 aliphatic carbocycles. The first-order valence-corrected chi connectivity index (χ1v) is 6.50. The second-order valence-electron chi connectivity index (χ2n) is 4.48. The van der Waals surface area contributed by atoms with Crippen molar-refractivity contribution in [2.24, 2.45) is 5.92 Å². The van der Waals surface area contributed by atoms with E-state index in [2.05, 4.69) is 10.6 Å². The molecule has 1 saturated heterocycles. The Morgan fingerprint density at radius 1 is 1.44 bits per heavy atom. The van der Waals surface area contributed by atoms with Crippen LogP contribution < -0.4 is 10.6 Å². The van der Waals surface area contributed by atoms with Crippen molar-refractivity contribution in [1.29, 1.82) is 0 Å². The molecule has 1 aliphatic rings. The molecule has 2 amide bonds. The number of hydrogen-bond donors (Lipinski definition) is 2. The van der Waals surface area contributed by atoms with E-state index >= 15 is 0 Å². The standard InChI is InChI=1S/C12H23N3O3/c1-3-18-11(16)8-14-12(17)15-6-4-5-10(9-15)7-13-2/h10,13H,3-9H2,1-2H3,(H,14,17). The topological polar surface area (TPSA) is 70.7 Å². The van der Waals surface area contributed by atoms with Gasteiger partial charge in [0.25, 0.3) is 0 Å². The molecule has 104 valence electrons.